The van der Waals surface area contributed by atoms with Crippen molar-refractivity contribution in [2.45, 2.75) is 51.5 Å². The van der Waals surface area contributed by atoms with Gasteiger partial charge in [0.1, 0.15) is 11.8 Å². The molecule has 22 heavy (non-hydrogen) atoms. The van der Waals surface area contributed by atoms with E-state index in [-0.39, 0.29) is 30.6 Å². The SMILES string of the molecule is CC1CC(C(=O)NCC(O)c2cccc(OC(C)C)c2)NN1. The van der Waals surface area contributed by atoms with Gasteiger partial charge in [0.15, 0.2) is 0 Å². The summed E-state index contributed by atoms with van der Waals surface area (Å²) in [6.07, 6.45) is 0.0566. The molecular weight excluding hydrogens is 282 g/mol. The van der Waals surface area contributed by atoms with Crippen LogP contribution in [-0.4, -0.2) is 35.7 Å². The number of benzene rings is 1. The maximum absolute atomic E-state index is 12.0. The second-order valence-corrected chi connectivity index (χ2v) is 5.98. The first kappa shape index (κ1) is 16.7. The monoisotopic (exact) mass is 307 g/mol. The molecular formula is C16H25N3O3. The summed E-state index contributed by atoms with van der Waals surface area (Å²) in [5.74, 6) is 0.610. The number of amides is 1. The third-order valence-electron chi connectivity index (χ3n) is 3.49. The standard InChI is InChI=1S/C16H25N3O3/c1-10(2)22-13-6-4-5-12(8-13)15(20)9-17-16(21)14-7-11(3)18-19-14/h4-6,8,10-11,14-15,18-20H,7,9H2,1-3H3,(H,17,21). The van der Waals surface area contributed by atoms with Gasteiger partial charge in [0, 0.05) is 12.6 Å². The van der Waals surface area contributed by atoms with Crippen molar-refractivity contribution in [2.75, 3.05) is 6.54 Å². The predicted octanol–water partition coefficient (Wildman–Crippen LogP) is 0.878. The van der Waals surface area contributed by atoms with E-state index in [0.717, 1.165) is 12.0 Å². The highest BCUT2D eigenvalue weighted by Gasteiger charge is 2.26. The molecule has 6 nitrogen and oxygen atoms in total. The van der Waals surface area contributed by atoms with Gasteiger partial charge in [-0.15, -0.1) is 0 Å². The van der Waals surface area contributed by atoms with Crippen LogP contribution in [0.15, 0.2) is 24.3 Å². The maximum Gasteiger partial charge on any atom is 0.238 e. The Hall–Kier alpha value is -1.63. The van der Waals surface area contributed by atoms with Gasteiger partial charge in [-0.3, -0.25) is 10.2 Å². The summed E-state index contributed by atoms with van der Waals surface area (Å²) in [6, 6.07) is 7.32. The molecule has 1 aliphatic rings. The van der Waals surface area contributed by atoms with E-state index in [2.05, 4.69) is 16.2 Å². The van der Waals surface area contributed by atoms with Gasteiger partial charge >= 0.3 is 0 Å². The van der Waals surface area contributed by atoms with Crippen LogP contribution in [0.2, 0.25) is 0 Å². The molecule has 4 N–H and O–H groups in total. The second kappa shape index (κ2) is 7.58. The lowest BCUT2D eigenvalue weighted by Gasteiger charge is -2.16. The molecule has 1 saturated heterocycles. The molecule has 1 aromatic carbocycles. The van der Waals surface area contributed by atoms with Crippen molar-refractivity contribution in [3.63, 3.8) is 0 Å². The zero-order valence-electron chi connectivity index (χ0n) is 13.3. The molecule has 0 spiro atoms. The number of hydrogen-bond donors (Lipinski definition) is 4. The van der Waals surface area contributed by atoms with E-state index in [1.165, 1.54) is 0 Å². The Morgan fingerprint density at radius 1 is 1.45 bits per heavy atom. The fourth-order valence-electron chi connectivity index (χ4n) is 2.39. The van der Waals surface area contributed by atoms with Gasteiger partial charge in [-0.05, 0) is 44.9 Å². The zero-order valence-corrected chi connectivity index (χ0v) is 13.3. The van der Waals surface area contributed by atoms with Crippen molar-refractivity contribution < 1.29 is 14.6 Å². The van der Waals surface area contributed by atoms with Crippen LogP contribution in [0, 0.1) is 0 Å². The molecule has 0 saturated carbocycles. The molecule has 0 bridgehead atoms. The molecule has 0 aromatic heterocycles. The molecule has 3 atom stereocenters. The average Bonchev–Trinajstić information content (AvgIpc) is 2.90. The van der Waals surface area contributed by atoms with Crippen LogP contribution in [0.1, 0.15) is 38.9 Å². The number of hydrogen-bond acceptors (Lipinski definition) is 5. The first-order valence-corrected chi connectivity index (χ1v) is 7.69. The third-order valence-corrected chi connectivity index (χ3v) is 3.49. The van der Waals surface area contributed by atoms with Gasteiger partial charge in [0.2, 0.25) is 5.91 Å². The Labute approximate surface area is 131 Å². The summed E-state index contributed by atoms with van der Waals surface area (Å²) < 4.78 is 5.61. The van der Waals surface area contributed by atoms with E-state index >= 15 is 0 Å². The third kappa shape index (κ3) is 4.69. The molecule has 1 fully saturated rings. The number of nitrogens with one attached hydrogen (secondary N) is 3. The van der Waals surface area contributed by atoms with Crippen molar-refractivity contribution in [3.05, 3.63) is 29.8 Å². The van der Waals surface area contributed by atoms with Gasteiger partial charge in [-0.25, -0.2) is 5.43 Å². The Kier molecular flexibility index (Phi) is 5.76. The molecule has 2 rings (SSSR count). The van der Waals surface area contributed by atoms with Crippen LogP contribution in [0.3, 0.4) is 0 Å². The minimum absolute atomic E-state index is 0.0787. The normalized spacial score (nSPS) is 22.6. The van der Waals surface area contributed by atoms with Gasteiger partial charge in [0.25, 0.3) is 0 Å². The van der Waals surface area contributed by atoms with Crippen LogP contribution < -0.4 is 20.9 Å². The van der Waals surface area contributed by atoms with Crippen molar-refractivity contribution >= 4 is 5.91 Å². The summed E-state index contributed by atoms with van der Waals surface area (Å²) in [5.41, 5.74) is 6.67. The van der Waals surface area contributed by atoms with E-state index in [4.69, 9.17) is 4.74 Å². The highest BCUT2D eigenvalue weighted by molar-refractivity contribution is 5.82. The van der Waals surface area contributed by atoms with Crippen LogP contribution in [0.25, 0.3) is 0 Å². The lowest BCUT2D eigenvalue weighted by atomic mass is 10.1. The van der Waals surface area contributed by atoms with Gasteiger partial charge < -0.3 is 15.2 Å². The van der Waals surface area contributed by atoms with Crippen LogP contribution in [0.4, 0.5) is 0 Å². The Morgan fingerprint density at radius 2 is 2.23 bits per heavy atom. The summed E-state index contributed by atoms with van der Waals surface area (Å²) in [4.78, 5) is 12.0. The zero-order chi connectivity index (χ0) is 16.1. The molecule has 6 heteroatoms. The van der Waals surface area contributed by atoms with Crippen molar-refractivity contribution in [3.8, 4) is 5.75 Å². The molecule has 122 valence electrons. The Morgan fingerprint density at radius 3 is 2.86 bits per heavy atom. The van der Waals surface area contributed by atoms with Crippen LogP contribution >= 0.6 is 0 Å². The number of aliphatic hydroxyl groups excluding tert-OH is 1. The molecule has 1 heterocycles. The summed E-state index contributed by atoms with van der Waals surface area (Å²) in [6.45, 7) is 6.09. The first-order valence-electron chi connectivity index (χ1n) is 7.69. The quantitative estimate of drug-likeness (QED) is 0.627. The summed E-state index contributed by atoms with van der Waals surface area (Å²) >= 11 is 0. The summed E-state index contributed by atoms with van der Waals surface area (Å²) in [7, 11) is 0. The number of carbonyl (C=O) groups excluding carboxylic acids is 1. The van der Waals surface area contributed by atoms with Crippen molar-refractivity contribution in [1.29, 1.82) is 0 Å². The maximum atomic E-state index is 12.0. The fourth-order valence-corrected chi connectivity index (χ4v) is 2.39. The largest absolute Gasteiger partial charge is 0.491 e. The highest BCUT2D eigenvalue weighted by Crippen LogP contribution is 2.20. The van der Waals surface area contributed by atoms with Crippen LogP contribution in [0.5, 0.6) is 5.75 Å². The Balaban J connectivity index is 1.86. The summed E-state index contributed by atoms with van der Waals surface area (Å²) in [5, 5.41) is 13.0. The van der Waals surface area contributed by atoms with Crippen molar-refractivity contribution in [1.82, 2.24) is 16.2 Å². The van der Waals surface area contributed by atoms with E-state index in [1.54, 1.807) is 6.07 Å². The van der Waals surface area contributed by atoms with E-state index in [9.17, 15) is 9.90 Å². The molecule has 3 unspecified atom stereocenters. The minimum atomic E-state index is -0.758. The van der Waals surface area contributed by atoms with E-state index in [0.29, 0.717) is 5.75 Å². The second-order valence-electron chi connectivity index (χ2n) is 5.98. The molecule has 0 aliphatic carbocycles. The number of aliphatic hydroxyl groups is 1. The number of ether oxygens (including phenoxy) is 1. The van der Waals surface area contributed by atoms with Gasteiger partial charge in [0.05, 0.1) is 12.2 Å². The van der Waals surface area contributed by atoms with Gasteiger partial charge in [-0.2, -0.15) is 0 Å². The van der Waals surface area contributed by atoms with Gasteiger partial charge in [-0.1, -0.05) is 12.1 Å². The molecule has 0 radical (unpaired) electrons. The molecule has 1 aromatic rings. The lowest BCUT2D eigenvalue weighted by molar-refractivity contribution is -0.123. The fraction of sp³-hybridized carbons (Fsp3) is 0.562. The average molecular weight is 307 g/mol. The lowest BCUT2D eigenvalue weighted by Crippen LogP contribution is -2.44. The van der Waals surface area contributed by atoms with Crippen molar-refractivity contribution in [2.24, 2.45) is 0 Å². The first-order chi connectivity index (χ1) is 10.5. The smallest absolute Gasteiger partial charge is 0.238 e. The number of carbonyl (C=O) groups is 1. The minimum Gasteiger partial charge on any atom is -0.491 e. The van der Waals surface area contributed by atoms with E-state index < -0.39 is 6.10 Å². The highest BCUT2D eigenvalue weighted by atomic mass is 16.5. The predicted molar refractivity (Wildman–Crippen MR) is 84.3 cm³/mol. The topological polar surface area (TPSA) is 82.6 Å². The molecule has 1 amide bonds. The Bertz CT molecular complexity index is 507. The molecule has 1 aliphatic heterocycles. The number of rotatable bonds is 6. The van der Waals surface area contributed by atoms with E-state index in [1.807, 2.05) is 39.0 Å². The van der Waals surface area contributed by atoms with Crippen LogP contribution in [-0.2, 0) is 4.79 Å². The number of hydrazine groups is 1.